The van der Waals surface area contributed by atoms with Crippen molar-refractivity contribution in [2.45, 2.75) is 17.2 Å². The van der Waals surface area contributed by atoms with Crippen LogP contribution in [-0.2, 0) is 22.4 Å². The Bertz CT molecular complexity index is 528. The van der Waals surface area contributed by atoms with Crippen LogP contribution in [0.4, 0.5) is 26.3 Å². The first kappa shape index (κ1) is 14.8. The van der Waals surface area contributed by atoms with Gasteiger partial charge in [-0.2, -0.15) is 26.3 Å². The molecule has 0 aliphatic heterocycles. The number of primary sulfonamides is 1. The highest BCUT2D eigenvalue weighted by molar-refractivity contribution is 7.89. The Morgan fingerprint density at radius 3 is 1.83 bits per heavy atom. The summed E-state index contributed by atoms with van der Waals surface area (Å²) < 4.78 is 95.4. The molecule has 18 heavy (non-hydrogen) atoms. The van der Waals surface area contributed by atoms with E-state index in [0.29, 0.717) is 0 Å². The van der Waals surface area contributed by atoms with Gasteiger partial charge in [0.25, 0.3) is 0 Å². The van der Waals surface area contributed by atoms with Crippen LogP contribution < -0.4 is 5.14 Å². The number of halogens is 6. The average molecular weight is 292 g/mol. The van der Waals surface area contributed by atoms with E-state index in [1.165, 1.54) is 6.07 Å². The number of hydrogen-bond donors (Lipinski definition) is 1. The van der Waals surface area contributed by atoms with Crippen LogP contribution in [0.1, 0.15) is 11.1 Å². The first-order chi connectivity index (χ1) is 7.82. The van der Waals surface area contributed by atoms with Crippen LogP contribution in [0.3, 0.4) is 0 Å². The highest BCUT2D eigenvalue weighted by Crippen LogP contribution is 2.36. The van der Waals surface area contributed by atoms with Crippen LogP contribution in [0.15, 0.2) is 17.0 Å². The summed E-state index contributed by atoms with van der Waals surface area (Å²) >= 11 is 0. The molecule has 2 N–H and O–H groups in total. The van der Waals surface area contributed by atoms with Crippen molar-refractivity contribution in [3.05, 3.63) is 29.3 Å². The molecule has 0 amide bonds. The molecular formula is C8H4F6NO2S. The predicted octanol–water partition coefficient (Wildman–Crippen LogP) is 2.17. The molecule has 0 saturated carbocycles. The van der Waals surface area contributed by atoms with E-state index in [0.717, 1.165) is 0 Å². The molecule has 0 fully saturated rings. The molecule has 0 heterocycles. The second-order valence-corrected chi connectivity index (χ2v) is 4.72. The summed E-state index contributed by atoms with van der Waals surface area (Å²) in [5, 5.41) is 4.49. The Balaban J connectivity index is 3.60. The predicted molar refractivity (Wildman–Crippen MR) is 46.7 cm³/mol. The van der Waals surface area contributed by atoms with Gasteiger partial charge in [-0.05, 0) is 12.1 Å². The van der Waals surface area contributed by atoms with Gasteiger partial charge < -0.3 is 0 Å². The molecule has 0 aliphatic carbocycles. The summed E-state index contributed by atoms with van der Waals surface area (Å²) in [5.74, 6) is 0. The molecule has 0 saturated heterocycles. The van der Waals surface area contributed by atoms with Crippen molar-refractivity contribution < 1.29 is 34.8 Å². The van der Waals surface area contributed by atoms with Gasteiger partial charge in [-0.25, -0.2) is 13.6 Å². The highest BCUT2D eigenvalue weighted by Gasteiger charge is 2.38. The first-order valence-corrected chi connectivity index (χ1v) is 5.61. The third kappa shape index (κ3) is 3.35. The van der Waals surface area contributed by atoms with Gasteiger partial charge in [0.05, 0.1) is 16.0 Å². The molecule has 1 rings (SSSR count). The number of nitrogens with two attached hydrogens (primary N) is 1. The van der Waals surface area contributed by atoms with Crippen molar-refractivity contribution in [3.63, 3.8) is 0 Å². The van der Waals surface area contributed by atoms with Crippen molar-refractivity contribution in [2.75, 3.05) is 0 Å². The Hall–Kier alpha value is -1.29. The van der Waals surface area contributed by atoms with Crippen molar-refractivity contribution in [1.82, 2.24) is 0 Å². The van der Waals surface area contributed by atoms with Crippen LogP contribution >= 0.6 is 0 Å². The van der Waals surface area contributed by atoms with Gasteiger partial charge in [-0.1, -0.05) is 0 Å². The largest absolute Gasteiger partial charge is 0.417 e. The fraction of sp³-hybridized carbons (Fsp3) is 0.250. The number of rotatable bonds is 1. The fourth-order valence-electron chi connectivity index (χ4n) is 1.01. The molecule has 0 atom stereocenters. The molecule has 3 nitrogen and oxygen atoms in total. The Labute approximate surface area is 97.3 Å². The van der Waals surface area contributed by atoms with Crippen molar-refractivity contribution in [2.24, 2.45) is 5.14 Å². The van der Waals surface area contributed by atoms with Gasteiger partial charge in [-0.15, -0.1) is 0 Å². The highest BCUT2D eigenvalue weighted by atomic mass is 32.2. The molecule has 0 bridgehead atoms. The minimum atomic E-state index is -5.17. The molecule has 1 radical (unpaired) electrons. The van der Waals surface area contributed by atoms with Gasteiger partial charge in [-0.3, -0.25) is 0 Å². The first-order valence-electron chi connectivity index (χ1n) is 4.06. The summed E-state index contributed by atoms with van der Waals surface area (Å²) in [6, 6.07) is 1.05. The number of benzene rings is 1. The summed E-state index contributed by atoms with van der Waals surface area (Å²) in [6.07, 6.45) is -10.3. The van der Waals surface area contributed by atoms with Gasteiger partial charge >= 0.3 is 12.4 Å². The average Bonchev–Trinajstić information content (AvgIpc) is 2.13. The maximum Gasteiger partial charge on any atom is 0.417 e. The maximum atomic E-state index is 12.3. The normalized spacial score (nSPS) is 13.7. The van der Waals surface area contributed by atoms with Gasteiger partial charge in [0.15, 0.2) is 0 Å². The lowest BCUT2D eigenvalue weighted by atomic mass is 10.1. The van der Waals surface area contributed by atoms with E-state index in [4.69, 9.17) is 0 Å². The summed E-state index contributed by atoms with van der Waals surface area (Å²) in [7, 11) is -4.72. The summed E-state index contributed by atoms with van der Waals surface area (Å²) in [5.41, 5.74) is -3.63. The lowest BCUT2D eigenvalue weighted by molar-refractivity contribution is -0.143. The van der Waals surface area contributed by atoms with Gasteiger partial charge in [0.2, 0.25) is 10.0 Å². The van der Waals surface area contributed by atoms with Crippen molar-refractivity contribution in [1.29, 1.82) is 0 Å². The van der Waals surface area contributed by atoms with Crippen LogP contribution in [0.25, 0.3) is 0 Å². The van der Waals surface area contributed by atoms with E-state index in [1.807, 2.05) is 0 Å². The molecular weight excluding hydrogens is 288 g/mol. The molecule has 0 spiro atoms. The number of hydrogen-bond acceptors (Lipinski definition) is 2. The van der Waals surface area contributed by atoms with E-state index in [9.17, 15) is 34.8 Å². The minimum Gasteiger partial charge on any atom is -0.225 e. The molecule has 1 aromatic carbocycles. The van der Waals surface area contributed by atoms with Crippen molar-refractivity contribution >= 4 is 10.0 Å². The van der Waals surface area contributed by atoms with Crippen molar-refractivity contribution in [3.8, 4) is 0 Å². The van der Waals surface area contributed by atoms with Crippen LogP contribution in [0.5, 0.6) is 0 Å². The topological polar surface area (TPSA) is 60.2 Å². The lowest BCUT2D eigenvalue weighted by Gasteiger charge is -2.12. The third-order valence-electron chi connectivity index (χ3n) is 1.78. The van der Waals surface area contributed by atoms with E-state index in [2.05, 4.69) is 5.14 Å². The fourth-order valence-corrected chi connectivity index (χ4v) is 1.56. The maximum absolute atomic E-state index is 12.3. The Morgan fingerprint density at radius 2 is 1.50 bits per heavy atom. The van der Waals surface area contributed by atoms with E-state index in [1.54, 1.807) is 0 Å². The van der Waals surface area contributed by atoms with Crippen LogP contribution in [0.2, 0.25) is 0 Å². The molecule has 10 heteroatoms. The lowest BCUT2D eigenvalue weighted by Crippen LogP contribution is -2.17. The molecule has 101 valence electrons. The zero-order valence-corrected chi connectivity index (χ0v) is 9.04. The van der Waals surface area contributed by atoms with Gasteiger partial charge in [0, 0.05) is 6.07 Å². The third-order valence-corrected chi connectivity index (χ3v) is 2.62. The Kier molecular flexibility index (Phi) is 3.38. The zero-order valence-electron chi connectivity index (χ0n) is 8.22. The number of sulfonamides is 1. The van der Waals surface area contributed by atoms with E-state index in [-0.39, 0.29) is 12.1 Å². The standard InChI is InChI=1S/C8H4F6NO2S/c9-7(10,11)4-1-5(8(12,13)14)3-6(2-4)18(15,16)17/h1-2H,(H2,15,16,17). The van der Waals surface area contributed by atoms with Crippen LogP contribution in [-0.4, -0.2) is 8.42 Å². The molecule has 1 aromatic rings. The van der Waals surface area contributed by atoms with Crippen LogP contribution in [0, 0.1) is 6.07 Å². The summed E-state index contributed by atoms with van der Waals surface area (Å²) in [4.78, 5) is -1.37. The molecule has 0 aromatic heterocycles. The molecule has 0 aliphatic rings. The van der Waals surface area contributed by atoms with Gasteiger partial charge in [0.1, 0.15) is 0 Å². The SMILES string of the molecule is NS(=O)(=O)c1[c]c(C(F)(F)F)cc(C(F)(F)F)c1. The smallest absolute Gasteiger partial charge is 0.225 e. The van der Waals surface area contributed by atoms with E-state index < -0.39 is 38.4 Å². The minimum absolute atomic E-state index is 0.00935. The Morgan fingerprint density at radius 1 is 1.00 bits per heavy atom. The molecule has 0 unspecified atom stereocenters. The second-order valence-electron chi connectivity index (χ2n) is 3.19. The second kappa shape index (κ2) is 4.12. The monoisotopic (exact) mass is 292 g/mol. The summed E-state index contributed by atoms with van der Waals surface area (Å²) in [6.45, 7) is 0. The van der Waals surface area contributed by atoms with E-state index >= 15 is 0 Å². The quantitative estimate of drug-likeness (QED) is 0.806. The number of alkyl halides is 6. The zero-order chi connectivity index (χ0) is 14.4.